The number of esters is 1. The molecule has 6 nitrogen and oxygen atoms in total. The molecule has 19 heavy (non-hydrogen) atoms. The highest BCUT2D eigenvalue weighted by molar-refractivity contribution is 5.92. The number of hydrogen-bond acceptors (Lipinski definition) is 5. The molecule has 0 aliphatic rings. The van der Waals surface area contributed by atoms with E-state index in [-0.39, 0.29) is 11.5 Å². The van der Waals surface area contributed by atoms with Crippen LogP contribution in [0.2, 0.25) is 0 Å². The SMILES string of the molecule is COC(=O)c1nc(C)n(-c2cccc(C#N)c2)c1N. The van der Waals surface area contributed by atoms with Crippen molar-refractivity contribution in [3.63, 3.8) is 0 Å². The molecular formula is C13H12N4O2. The van der Waals surface area contributed by atoms with E-state index in [1.165, 1.54) is 7.11 Å². The molecule has 0 spiro atoms. The van der Waals surface area contributed by atoms with Gasteiger partial charge in [0.15, 0.2) is 5.69 Å². The van der Waals surface area contributed by atoms with Gasteiger partial charge in [0.1, 0.15) is 11.6 Å². The van der Waals surface area contributed by atoms with Crippen molar-refractivity contribution in [1.82, 2.24) is 9.55 Å². The molecular weight excluding hydrogens is 244 g/mol. The molecule has 2 aromatic rings. The number of rotatable bonds is 2. The van der Waals surface area contributed by atoms with Crippen LogP contribution in [0.5, 0.6) is 0 Å². The van der Waals surface area contributed by atoms with Gasteiger partial charge < -0.3 is 10.5 Å². The van der Waals surface area contributed by atoms with E-state index in [1.807, 2.05) is 0 Å². The van der Waals surface area contributed by atoms with Gasteiger partial charge in [-0.3, -0.25) is 4.57 Å². The second kappa shape index (κ2) is 4.82. The minimum Gasteiger partial charge on any atom is -0.464 e. The fourth-order valence-electron chi connectivity index (χ4n) is 1.84. The normalized spacial score (nSPS) is 9.95. The van der Waals surface area contributed by atoms with E-state index in [4.69, 9.17) is 11.0 Å². The average Bonchev–Trinajstić information content (AvgIpc) is 2.73. The lowest BCUT2D eigenvalue weighted by Crippen LogP contribution is -2.07. The van der Waals surface area contributed by atoms with Crippen LogP contribution in [0.15, 0.2) is 24.3 Å². The predicted octanol–water partition coefficient (Wildman–Crippen LogP) is 1.42. The first-order valence-corrected chi connectivity index (χ1v) is 5.52. The van der Waals surface area contributed by atoms with E-state index in [2.05, 4.69) is 15.8 Å². The summed E-state index contributed by atoms with van der Waals surface area (Å²) in [6, 6.07) is 8.94. The van der Waals surface area contributed by atoms with Crippen LogP contribution in [-0.2, 0) is 4.74 Å². The summed E-state index contributed by atoms with van der Waals surface area (Å²) in [4.78, 5) is 15.6. The van der Waals surface area contributed by atoms with Crippen molar-refractivity contribution >= 4 is 11.8 Å². The number of benzene rings is 1. The van der Waals surface area contributed by atoms with Crippen LogP contribution < -0.4 is 5.73 Å². The third-order valence-electron chi connectivity index (χ3n) is 2.69. The van der Waals surface area contributed by atoms with Crippen molar-refractivity contribution in [1.29, 1.82) is 5.26 Å². The first-order valence-electron chi connectivity index (χ1n) is 5.52. The first-order chi connectivity index (χ1) is 9.08. The molecule has 0 bridgehead atoms. The number of nitriles is 1. The molecule has 1 aromatic carbocycles. The van der Waals surface area contributed by atoms with E-state index in [9.17, 15) is 4.79 Å². The second-order valence-corrected chi connectivity index (χ2v) is 3.88. The van der Waals surface area contributed by atoms with Gasteiger partial charge in [-0.05, 0) is 25.1 Å². The molecule has 0 saturated heterocycles. The van der Waals surface area contributed by atoms with Crippen molar-refractivity contribution in [2.45, 2.75) is 6.92 Å². The van der Waals surface area contributed by atoms with Crippen molar-refractivity contribution in [2.24, 2.45) is 0 Å². The fourth-order valence-corrected chi connectivity index (χ4v) is 1.84. The number of aromatic nitrogens is 2. The maximum atomic E-state index is 11.5. The summed E-state index contributed by atoms with van der Waals surface area (Å²) in [7, 11) is 1.27. The van der Waals surface area contributed by atoms with E-state index in [0.717, 1.165) is 0 Å². The van der Waals surface area contributed by atoms with Gasteiger partial charge in [0.05, 0.1) is 24.4 Å². The van der Waals surface area contributed by atoms with Gasteiger partial charge in [0, 0.05) is 0 Å². The summed E-state index contributed by atoms with van der Waals surface area (Å²) in [5.41, 5.74) is 7.17. The summed E-state index contributed by atoms with van der Waals surface area (Å²) in [6.45, 7) is 1.72. The molecule has 0 fully saturated rings. The monoisotopic (exact) mass is 256 g/mol. The molecule has 0 radical (unpaired) electrons. The highest BCUT2D eigenvalue weighted by Crippen LogP contribution is 2.21. The zero-order chi connectivity index (χ0) is 14.0. The third kappa shape index (κ3) is 2.13. The molecule has 0 aliphatic carbocycles. The van der Waals surface area contributed by atoms with Gasteiger partial charge in [-0.15, -0.1) is 0 Å². The first kappa shape index (κ1) is 12.6. The molecule has 0 aliphatic heterocycles. The Bertz CT molecular complexity index is 682. The number of imidazole rings is 1. The smallest absolute Gasteiger partial charge is 0.360 e. The van der Waals surface area contributed by atoms with Crippen molar-refractivity contribution in [2.75, 3.05) is 12.8 Å². The number of nitrogens with two attached hydrogens (primary N) is 1. The van der Waals surface area contributed by atoms with Crippen LogP contribution >= 0.6 is 0 Å². The Balaban J connectivity index is 2.60. The standard InChI is InChI=1S/C13H12N4O2/c1-8-16-11(13(18)19-2)12(15)17(8)10-5-3-4-9(6-10)7-14/h3-6H,15H2,1-2H3. The van der Waals surface area contributed by atoms with Gasteiger partial charge in [0.25, 0.3) is 0 Å². The maximum absolute atomic E-state index is 11.5. The Hall–Kier alpha value is -2.81. The van der Waals surface area contributed by atoms with Crippen molar-refractivity contribution < 1.29 is 9.53 Å². The molecule has 2 rings (SSSR count). The number of anilines is 1. The second-order valence-electron chi connectivity index (χ2n) is 3.88. The Labute approximate surface area is 110 Å². The van der Waals surface area contributed by atoms with Crippen molar-refractivity contribution in [3.05, 3.63) is 41.3 Å². The summed E-state index contributed by atoms with van der Waals surface area (Å²) >= 11 is 0. The van der Waals surface area contributed by atoms with Crippen LogP contribution in [0, 0.1) is 18.3 Å². The Morgan fingerprint density at radius 1 is 1.53 bits per heavy atom. The highest BCUT2D eigenvalue weighted by Gasteiger charge is 2.20. The highest BCUT2D eigenvalue weighted by atomic mass is 16.5. The number of aryl methyl sites for hydroxylation is 1. The van der Waals surface area contributed by atoms with Gasteiger partial charge in [-0.25, -0.2) is 9.78 Å². The molecule has 6 heteroatoms. The van der Waals surface area contributed by atoms with E-state index >= 15 is 0 Å². The molecule has 1 heterocycles. The average molecular weight is 256 g/mol. The molecule has 2 N–H and O–H groups in total. The largest absolute Gasteiger partial charge is 0.464 e. The molecule has 96 valence electrons. The topological polar surface area (TPSA) is 93.9 Å². The van der Waals surface area contributed by atoms with Crippen LogP contribution in [0.3, 0.4) is 0 Å². The molecule has 0 amide bonds. The summed E-state index contributed by atoms with van der Waals surface area (Å²) in [6.07, 6.45) is 0. The van der Waals surface area contributed by atoms with Gasteiger partial charge in [-0.2, -0.15) is 5.26 Å². The minimum atomic E-state index is -0.587. The number of carbonyl (C=O) groups is 1. The minimum absolute atomic E-state index is 0.0716. The number of methoxy groups -OCH3 is 1. The van der Waals surface area contributed by atoms with E-state index < -0.39 is 5.97 Å². The van der Waals surface area contributed by atoms with Crippen LogP contribution in [0.1, 0.15) is 21.9 Å². The number of hydrogen-bond donors (Lipinski definition) is 1. The molecule has 0 saturated carbocycles. The summed E-state index contributed by atoms with van der Waals surface area (Å²) in [5.74, 6) is 0.156. The predicted molar refractivity (Wildman–Crippen MR) is 68.8 cm³/mol. The Morgan fingerprint density at radius 2 is 2.26 bits per heavy atom. The summed E-state index contributed by atoms with van der Waals surface area (Å²) in [5, 5.41) is 8.90. The molecule has 1 aromatic heterocycles. The lowest BCUT2D eigenvalue weighted by molar-refractivity contribution is 0.0596. The number of nitrogen functional groups attached to an aromatic ring is 1. The van der Waals surface area contributed by atoms with Gasteiger partial charge >= 0.3 is 5.97 Å². The molecule has 0 unspecified atom stereocenters. The quantitative estimate of drug-likeness (QED) is 0.820. The lowest BCUT2D eigenvalue weighted by Gasteiger charge is -2.07. The number of carbonyl (C=O) groups excluding carboxylic acids is 1. The van der Waals surface area contributed by atoms with E-state index in [1.54, 1.807) is 35.8 Å². The third-order valence-corrected chi connectivity index (χ3v) is 2.69. The fraction of sp³-hybridized carbons (Fsp3) is 0.154. The Morgan fingerprint density at radius 3 is 2.89 bits per heavy atom. The summed E-state index contributed by atoms with van der Waals surface area (Å²) < 4.78 is 6.22. The van der Waals surface area contributed by atoms with Gasteiger partial charge in [0.2, 0.25) is 0 Å². The maximum Gasteiger partial charge on any atom is 0.360 e. The number of ether oxygens (including phenoxy) is 1. The number of nitrogens with zero attached hydrogens (tertiary/aromatic N) is 3. The van der Waals surface area contributed by atoms with Crippen LogP contribution in [0.4, 0.5) is 5.82 Å². The molecule has 0 atom stereocenters. The van der Waals surface area contributed by atoms with Crippen LogP contribution in [-0.4, -0.2) is 22.6 Å². The van der Waals surface area contributed by atoms with E-state index in [0.29, 0.717) is 17.1 Å². The van der Waals surface area contributed by atoms with Crippen molar-refractivity contribution in [3.8, 4) is 11.8 Å². The van der Waals surface area contributed by atoms with Gasteiger partial charge in [-0.1, -0.05) is 6.07 Å². The Kier molecular flexibility index (Phi) is 3.21. The zero-order valence-electron chi connectivity index (χ0n) is 10.5. The van der Waals surface area contributed by atoms with Crippen LogP contribution in [0.25, 0.3) is 5.69 Å². The zero-order valence-corrected chi connectivity index (χ0v) is 10.5. The lowest BCUT2D eigenvalue weighted by atomic mass is 10.2.